The summed E-state index contributed by atoms with van der Waals surface area (Å²) in [6.45, 7) is 15.0. The van der Waals surface area contributed by atoms with Crippen LogP contribution in [0.25, 0.3) is 44.5 Å². The third-order valence-corrected chi connectivity index (χ3v) is 9.47. The van der Waals surface area contributed by atoms with Crippen molar-refractivity contribution in [2.24, 2.45) is 5.92 Å². The number of nitrogens with zero attached hydrogens (tertiary/aromatic N) is 2. The zero-order chi connectivity index (χ0) is 31.6. The van der Waals surface area contributed by atoms with Crippen molar-refractivity contribution >= 4 is 35.2 Å². The maximum Gasteiger partial charge on any atom is 0.143 e. The van der Waals surface area contributed by atoms with Gasteiger partial charge in [-0.05, 0) is 46.4 Å². The van der Waals surface area contributed by atoms with Gasteiger partial charge in [0.25, 0.3) is 0 Å². The standard InChI is InChI=1S/C20H15FNO.C18H24NSi.Ir/c1-12(2)16-10-18(22-11-17(16)21)15-8-5-7-14-13-6-3-4-9-19(13)23-20(14)15;1-14(2)11-16-12-17(15-9-7-6-8-10-15)19-13-18(16)20(3,4)5;/h3-7,9-12H,1-2H3;6-9,12-14H,11H2,1-5H3;/q2*-1;/i12D;;. The average molecular weight is 780 g/mol. The number of pyridine rings is 2. The van der Waals surface area contributed by atoms with E-state index in [9.17, 15) is 4.39 Å². The molecule has 0 aliphatic heterocycles. The van der Waals surface area contributed by atoms with Crippen LogP contribution >= 0.6 is 0 Å². The Morgan fingerprint density at radius 3 is 2.27 bits per heavy atom. The molecule has 0 spiro atoms. The van der Waals surface area contributed by atoms with Gasteiger partial charge in [-0.15, -0.1) is 54.1 Å². The summed E-state index contributed by atoms with van der Waals surface area (Å²) in [5.74, 6) is -0.862. The molecule has 44 heavy (non-hydrogen) atoms. The number of halogens is 1. The summed E-state index contributed by atoms with van der Waals surface area (Å²) >= 11 is 0. The first-order chi connectivity index (χ1) is 20.8. The van der Waals surface area contributed by atoms with Crippen molar-refractivity contribution in [1.82, 2.24) is 9.97 Å². The fourth-order valence-electron chi connectivity index (χ4n) is 5.32. The second-order valence-corrected chi connectivity index (χ2v) is 17.6. The number of aromatic nitrogens is 2. The molecular weight excluding hydrogens is 740 g/mol. The van der Waals surface area contributed by atoms with Crippen LogP contribution in [-0.4, -0.2) is 18.0 Å². The van der Waals surface area contributed by atoms with Gasteiger partial charge in [-0.2, -0.15) is 0 Å². The Kier molecular flexibility index (Phi) is 10.3. The molecule has 6 rings (SSSR count). The van der Waals surface area contributed by atoms with E-state index in [2.05, 4.69) is 73.9 Å². The van der Waals surface area contributed by atoms with Gasteiger partial charge in [-0.25, -0.2) is 4.39 Å². The fraction of sp³-hybridized carbons (Fsp3) is 0.263. The number of para-hydroxylation sites is 1. The SMILES string of the molecule is CC(C)Cc1cc(-c2[c-]cccc2)ncc1[Si](C)(C)C.[2H]C(C)(C)c1cc(-c2[c-]ccc3c2oc2ccccc23)ncc1F.[Ir]. The van der Waals surface area contributed by atoms with Crippen molar-refractivity contribution in [1.29, 1.82) is 0 Å². The van der Waals surface area contributed by atoms with E-state index in [1.165, 1.54) is 10.8 Å². The molecule has 3 aromatic heterocycles. The number of fused-ring (bicyclic) bond motifs is 3. The van der Waals surface area contributed by atoms with Crippen LogP contribution in [0.2, 0.25) is 19.6 Å². The molecule has 0 unspecified atom stereocenters. The van der Waals surface area contributed by atoms with Crippen molar-refractivity contribution in [3.63, 3.8) is 0 Å². The summed E-state index contributed by atoms with van der Waals surface area (Å²) < 4.78 is 28.2. The second-order valence-electron chi connectivity index (χ2n) is 12.6. The van der Waals surface area contributed by atoms with E-state index in [1.54, 1.807) is 19.9 Å². The third-order valence-electron chi connectivity index (χ3n) is 7.40. The first kappa shape index (κ1) is 32.0. The maximum atomic E-state index is 14.0. The Bertz CT molecular complexity index is 1910. The molecule has 0 amide bonds. The molecule has 3 aromatic carbocycles. The second kappa shape index (κ2) is 14.1. The Morgan fingerprint density at radius 2 is 1.59 bits per heavy atom. The maximum absolute atomic E-state index is 14.0. The van der Waals surface area contributed by atoms with E-state index in [4.69, 9.17) is 5.79 Å². The summed E-state index contributed by atoms with van der Waals surface area (Å²) in [7, 11) is -1.34. The minimum Gasteiger partial charge on any atom is -0.501 e. The summed E-state index contributed by atoms with van der Waals surface area (Å²) in [6.07, 6.45) is 4.40. The molecule has 0 aliphatic rings. The first-order valence-corrected chi connectivity index (χ1v) is 18.3. The predicted octanol–water partition coefficient (Wildman–Crippen LogP) is 10.0. The zero-order valence-electron chi connectivity index (χ0n) is 27.4. The molecule has 6 aromatic rings. The summed E-state index contributed by atoms with van der Waals surface area (Å²) in [6, 6.07) is 29.9. The average Bonchev–Trinajstić information content (AvgIpc) is 3.36. The van der Waals surface area contributed by atoms with Crippen LogP contribution < -0.4 is 5.19 Å². The summed E-state index contributed by atoms with van der Waals surface area (Å²) in [5.41, 5.74) is 6.59. The molecule has 1 radical (unpaired) electrons. The molecule has 229 valence electrons. The molecular formula is C38H39FIrN2OSi-2. The predicted molar refractivity (Wildman–Crippen MR) is 180 cm³/mol. The monoisotopic (exact) mass is 780 g/mol. The number of hydrogen-bond acceptors (Lipinski definition) is 3. The molecule has 3 nitrogen and oxygen atoms in total. The largest absolute Gasteiger partial charge is 0.501 e. The van der Waals surface area contributed by atoms with Crippen molar-refractivity contribution in [2.45, 2.75) is 59.7 Å². The number of rotatable bonds is 6. The minimum atomic E-state index is -1.34. The van der Waals surface area contributed by atoms with Gasteiger partial charge in [0, 0.05) is 33.1 Å². The van der Waals surface area contributed by atoms with Crippen molar-refractivity contribution < 1.29 is 30.3 Å². The third kappa shape index (κ3) is 7.43. The molecule has 0 fully saturated rings. The Morgan fingerprint density at radius 1 is 0.864 bits per heavy atom. The molecule has 3 heterocycles. The van der Waals surface area contributed by atoms with Gasteiger partial charge in [0.15, 0.2) is 0 Å². The zero-order valence-corrected chi connectivity index (χ0v) is 29.8. The normalized spacial score (nSPS) is 12.1. The Hall–Kier alpha value is -3.44. The topological polar surface area (TPSA) is 38.9 Å². The van der Waals surface area contributed by atoms with Crippen LogP contribution in [0.3, 0.4) is 0 Å². The van der Waals surface area contributed by atoms with E-state index in [-0.39, 0.29) is 20.1 Å². The van der Waals surface area contributed by atoms with E-state index in [0.29, 0.717) is 28.3 Å². The van der Waals surface area contributed by atoms with E-state index >= 15 is 0 Å². The van der Waals surface area contributed by atoms with Crippen LogP contribution in [0.4, 0.5) is 4.39 Å². The van der Waals surface area contributed by atoms with Gasteiger partial charge >= 0.3 is 0 Å². The molecule has 6 heteroatoms. The van der Waals surface area contributed by atoms with Crippen molar-refractivity contribution in [3.8, 4) is 22.5 Å². The quantitative estimate of drug-likeness (QED) is 0.125. The van der Waals surface area contributed by atoms with Crippen LogP contribution in [0.1, 0.15) is 46.1 Å². The fourth-order valence-corrected chi connectivity index (χ4v) is 6.91. The van der Waals surface area contributed by atoms with E-state index < -0.39 is 19.8 Å². The molecule has 0 bridgehead atoms. The summed E-state index contributed by atoms with van der Waals surface area (Å²) in [5, 5.41) is 3.48. The van der Waals surface area contributed by atoms with Crippen LogP contribution in [0.5, 0.6) is 0 Å². The molecule has 0 aliphatic carbocycles. The number of benzene rings is 3. The molecule has 0 saturated carbocycles. The Labute approximate surface area is 276 Å². The molecule has 0 atom stereocenters. The van der Waals surface area contributed by atoms with Crippen molar-refractivity contribution in [2.75, 3.05) is 0 Å². The number of hydrogen-bond donors (Lipinski definition) is 0. The van der Waals surface area contributed by atoms with Gasteiger partial charge in [-0.3, -0.25) is 0 Å². The van der Waals surface area contributed by atoms with Gasteiger partial charge in [0.05, 0.1) is 19.9 Å². The van der Waals surface area contributed by atoms with E-state index in [1.807, 2.05) is 54.6 Å². The Balaban J connectivity index is 0.000000204. The van der Waals surface area contributed by atoms with Gasteiger partial charge in [0.2, 0.25) is 0 Å². The smallest absolute Gasteiger partial charge is 0.143 e. The van der Waals surface area contributed by atoms with Crippen LogP contribution in [-0.2, 0) is 26.5 Å². The van der Waals surface area contributed by atoms with Gasteiger partial charge < -0.3 is 14.4 Å². The van der Waals surface area contributed by atoms with Crippen molar-refractivity contribution in [3.05, 3.63) is 114 Å². The molecule has 0 N–H and O–H groups in total. The first-order valence-electron chi connectivity index (χ1n) is 15.3. The molecule has 0 saturated heterocycles. The minimum absolute atomic E-state index is 0. The van der Waals surface area contributed by atoms with Crippen LogP contribution in [0, 0.1) is 23.9 Å². The summed E-state index contributed by atoms with van der Waals surface area (Å²) in [4.78, 5) is 8.88. The van der Waals surface area contributed by atoms with E-state index in [0.717, 1.165) is 40.2 Å². The van der Waals surface area contributed by atoms with Gasteiger partial charge in [0.1, 0.15) is 11.4 Å². The van der Waals surface area contributed by atoms with Gasteiger partial charge in [-0.1, -0.05) is 94.2 Å². The van der Waals surface area contributed by atoms with Crippen LogP contribution in [0.15, 0.2) is 89.6 Å². The number of furan rings is 1.